The highest BCUT2D eigenvalue weighted by molar-refractivity contribution is 6.44. The Morgan fingerprint density at radius 3 is 2.17 bits per heavy atom. The third-order valence-corrected chi connectivity index (χ3v) is 3.89. The largest absolute Gasteiger partial charge is 0.506 e. The van der Waals surface area contributed by atoms with Gasteiger partial charge in [0.05, 0.1) is 5.69 Å². The summed E-state index contributed by atoms with van der Waals surface area (Å²) in [5, 5.41) is 15.1. The number of phenolic OH excluding ortho intramolecular Hbond substituents is 1. The summed E-state index contributed by atoms with van der Waals surface area (Å²) in [6.07, 6.45) is 1.47. The van der Waals surface area contributed by atoms with Gasteiger partial charge in [0.15, 0.2) is 0 Å². The molecule has 0 heterocycles. The second-order valence-corrected chi connectivity index (χ2v) is 5.66. The summed E-state index contributed by atoms with van der Waals surface area (Å²) >= 11 is 5.83. The topological polar surface area (TPSA) is 78.4 Å². The fraction of sp³-hybridized carbons (Fsp3) is 0.222. The maximum Gasteiger partial charge on any atom is 0.314 e. The lowest BCUT2D eigenvalue weighted by Crippen LogP contribution is -2.30. The molecule has 0 aliphatic rings. The molecule has 0 aromatic heterocycles. The van der Waals surface area contributed by atoms with Gasteiger partial charge in [0.2, 0.25) is 0 Å². The molecule has 0 saturated carbocycles. The number of hydrogen-bond donors (Lipinski definition) is 3. The second-order valence-electron chi connectivity index (χ2n) is 5.23. The van der Waals surface area contributed by atoms with Crippen molar-refractivity contribution in [1.29, 1.82) is 0 Å². The van der Waals surface area contributed by atoms with Crippen LogP contribution in [0.1, 0.15) is 25.0 Å². The van der Waals surface area contributed by atoms with Gasteiger partial charge in [-0.2, -0.15) is 0 Å². The molecule has 126 valence electrons. The molecule has 24 heavy (non-hydrogen) atoms. The van der Waals surface area contributed by atoms with E-state index in [1.807, 2.05) is 32.0 Å². The zero-order chi connectivity index (χ0) is 17.7. The molecule has 0 fully saturated rings. The van der Waals surface area contributed by atoms with Crippen molar-refractivity contribution < 1.29 is 14.7 Å². The zero-order valence-electron chi connectivity index (χ0n) is 13.5. The summed E-state index contributed by atoms with van der Waals surface area (Å²) in [4.78, 5) is 24.3. The number of amides is 2. The number of hydrogen-bond acceptors (Lipinski definition) is 3. The first-order chi connectivity index (χ1) is 11.5. The average Bonchev–Trinajstić information content (AvgIpc) is 2.58. The summed E-state index contributed by atoms with van der Waals surface area (Å²) in [6, 6.07) is 9.96. The molecule has 2 aromatic carbocycles. The van der Waals surface area contributed by atoms with Gasteiger partial charge in [-0.25, -0.2) is 0 Å². The molecule has 0 saturated heterocycles. The molecule has 0 atom stereocenters. The molecule has 0 aliphatic heterocycles. The van der Waals surface area contributed by atoms with Gasteiger partial charge in [0, 0.05) is 10.7 Å². The minimum absolute atomic E-state index is 0.0853. The van der Waals surface area contributed by atoms with Gasteiger partial charge in [0.1, 0.15) is 5.75 Å². The van der Waals surface area contributed by atoms with Crippen LogP contribution >= 0.6 is 11.6 Å². The molecule has 2 amide bonds. The molecule has 2 aromatic rings. The van der Waals surface area contributed by atoms with Crippen molar-refractivity contribution in [3.8, 4) is 5.75 Å². The van der Waals surface area contributed by atoms with E-state index >= 15 is 0 Å². The number of phenols is 1. The first kappa shape index (κ1) is 17.8. The minimum atomic E-state index is -0.875. The Labute approximate surface area is 145 Å². The predicted molar refractivity (Wildman–Crippen MR) is 95.6 cm³/mol. The Bertz CT molecular complexity index is 753. The van der Waals surface area contributed by atoms with Crippen LogP contribution < -0.4 is 10.6 Å². The minimum Gasteiger partial charge on any atom is -0.506 e. The van der Waals surface area contributed by atoms with Crippen LogP contribution in [0.25, 0.3) is 0 Å². The maximum atomic E-state index is 12.2. The van der Waals surface area contributed by atoms with Crippen LogP contribution in [0.3, 0.4) is 0 Å². The third kappa shape index (κ3) is 4.06. The van der Waals surface area contributed by atoms with Crippen molar-refractivity contribution in [1.82, 2.24) is 0 Å². The Balaban J connectivity index is 2.18. The summed E-state index contributed by atoms with van der Waals surface area (Å²) in [6.45, 7) is 3.96. The molecule has 2 rings (SSSR count). The fourth-order valence-corrected chi connectivity index (χ4v) is 2.53. The quantitative estimate of drug-likeness (QED) is 0.582. The number of rotatable bonds is 4. The Hall–Kier alpha value is -2.53. The summed E-state index contributed by atoms with van der Waals surface area (Å²) in [7, 11) is 0. The van der Waals surface area contributed by atoms with Gasteiger partial charge in [-0.05, 0) is 42.2 Å². The lowest BCUT2D eigenvalue weighted by atomic mass is 10.0. The van der Waals surface area contributed by atoms with Crippen LogP contribution in [0.4, 0.5) is 11.4 Å². The van der Waals surface area contributed by atoms with Gasteiger partial charge in [-0.15, -0.1) is 0 Å². The normalized spacial score (nSPS) is 10.3. The number of aromatic hydroxyl groups is 1. The highest BCUT2D eigenvalue weighted by Crippen LogP contribution is 2.27. The van der Waals surface area contributed by atoms with E-state index < -0.39 is 11.8 Å². The van der Waals surface area contributed by atoms with Crippen LogP contribution in [0.5, 0.6) is 5.75 Å². The van der Waals surface area contributed by atoms with Gasteiger partial charge in [0.25, 0.3) is 0 Å². The molecule has 0 radical (unpaired) electrons. The van der Waals surface area contributed by atoms with E-state index in [0.29, 0.717) is 10.7 Å². The SMILES string of the molecule is CCc1cccc(CC)c1NC(=O)C(=O)Nc1cc(Cl)ccc1O. The van der Waals surface area contributed by atoms with Gasteiger partial charge in [-0.3, -0.25) is 9.59 Å². The molecule has 0 spiro atoms. The summed E-state index contributed by atoms with van der Waals surface area (Å²) in [5.74, 6) is -1.84. The molecule has 5 nitrogen and oxygen atoms in total. The Morgan fingerprint density at radius 2 is 1.58 bits per heavy atom. The number of para-hydroxylation sites is 1. The van der Waals surface area contributed by atoms with Gasteiger partial charge >= 0.3 is 11.8 Å². The smallest absolute Gasteiger partial charge is 0.314 e. The van der Waals surface area contributed by atoms with Crippen LogP contribution in [-0.2, 0) is 22.4 Å². The van der Waals surface area contributed by atoms with Crippen molar-refractivity contribution in [2.75, 3.05) is 10.6 Å². The summed E-state index contributed by atoms with van der Waals surface area (Å²) in [5.41, 5.74) is 2.67. The van der Waals surface area contributed by atoms with Gasteiger partial charge in [-0.1, -0.05) is 43.6 Å². The van der Waals surface area contributed by atoms with Crippen molar-refractivity contribution in [3.63, 3.8) is 0 Å². The fourth-order valence-electron chi connectivity index (χ4n) is 2.36. The Kier molecular flexibility index (Phi) is 5.82. The first-order valence-corrected chi connectivity index (χ1v) is 8.05. The molecule has 3 N–H and O–H groups in total. The molecular formula is C18H19ClN2O3. The van der Waals surface area contributed by atoms with Crippen molar-refractivity contribution in [2.45, 2.75) is 26.7 Å². The number of carbonyl (C=O) groups excluding carboxylic acids is 2. The van der Waals surface area contributed by atoms with Crippen LogP contribution in [0, 0.1) is 0 Å². The van der Waals surface area contributed by atoms with Crippen molar-refractivity contribution in [2.24, 2.45) is 0 Å². The number of nitrogens with one attached hydrogen (secondary N) is 2. The first-order valence-electron chi connectivity index (χ1n) is 7.67. The molecule has 0 unspecified atom stereocenters. The van der Waals surface area contributed by atoms with E-state index in [1.54, 1.807) is 0 Å². The van der Waals surface area contributed by atoms with Crippen molar-refractivity contribution >= 4 is 34.8 Å². The molecule has 6 heteroatoms. The number of anilines is 2. The van der Waals surface area contributed by atoms with Crippen LogP contribution in [0.15, 0.2) is 36.4 Å². The molecular weight excluding hydrogens is 328 g/mol. The number of aryl methyl sites for hydroxylation is 2. The zero-order valence-corrected chi connectivity index (χ0v) is 14.3. The number of carbonyl (C=O) groups is 2. The van der Waals surface area contributed by atoms with E-state index in [0.717, 1.165) is 24.0 Å². The highest BCUT2D eigenvalue weighted by Gasteiger charge is 2.18. The monoisotopic (exact) mass is 346 g/mol. The average molecular weight is 347 g/mol. The van der Waals surface area contributed by atoms with Crippen LogP contribution in [0.2, 0.25) is 5.02 Å². The van der Waals surface area contributed by atoms with E-state index in [-0.39, 0.29) is 11.4 Å². The third-order valence-electron chi connectivity index (χ3n) is 3.65. The highest BCUT2D eigenvalue weighted by atomic mass is 35.5. The van der Waals surface area contributed by atoms with E-state index in [4.69, 9.17) is 11.6 Å². The second kappa shape index (κ2) is 7.84. The number of benzene rings is 2. The molecule has 0 aliphatic carbocycles. The number of halogens is 1. The van der Waals surface area contributed by atoms with Gasteiger partial charge < -0.3 is 15.7 Å². The molecule has 0 bridgehead atoms. The standard InChI is InChI=1S/C18H19ClN2O3/c1-3-11-6-5-7-12(4-2)16(11)21-18(24)17(23)20-14-10-13(19)8-9-15(14)22/h5-10,22H,3-4H2,1-2H3,(H,20,23)(H,21,24). The van der Waals surface area contributed by atoms with Crippen LogP contribution in [-0.4, -0.2) is 16.9 Å². The van der Waals surface area contributed by atoms with E-state index in [9.17, 15) is 14.7 Å². The predicted octanol–water partition coefficient (Wildman–Crippen LogP) is 3.75. The van der Waals surface area contributed by atoms with Crippen molar-refractivity contribution in [3.05, 3.63) is 52.5 Å². The maximum absolute atomic E-state index is 12.2. The Morgan fingerprint density at radius 1 is 1.00 bits per heavy atom. The van der Waals surface area contributed by atoms with E-state index in [1.165, 1.54) is 18.2 Å². The summed E-state index contributed by atoms with van der Waals surface area (Å²) < 4.78 is 0. The van der Waals surface area contributed by atoms with E-state index in [2.05, 4.69) is 10.6 Å². The lowest BCUT2D eigenvalue weighted by Gasteiger charge is -2.14. The lowest BCUT2D eigenvalue weighted by molar-refractivity contribution is -0.133.